The number of amides is 1. The van der Waals surface area contributed by atoms with Crippen LogP contribution in [0, 0.1) is 6.92 Å². The van der Waals surface area contributed by atoms with E-state index in [0.717, 1.165) is 33.5 Å². The van der Waals surface area contributed by atoms with Gasteiger partial charge in [-0.2, -0.15) is 0 Å². The first-order chi connectivity index (χ1) is 15.3. The summed E-state index contributed by atoms with van der Waals surface area (Å²) in [4.78, 5) is 47.0. The minimum Gasteiger partial charge on any atom is -0.315 e. The average molecular weight is 453 g/mol. The Morgan fingerprint density at radius 3 is 2.53 bits per heavy atom. The van der Waals surface area contributed by atoms with Crippen LogP contribution in [0.3, 0.4) is 0 Å². The second kappa shape index (κ2) is 8.54. The molecule has 0 aliphatic heterocycles. The van der Waals surface area contributed by atoms with Crippen LogP contribution in [0.2, 0.25) is 0 Å². The summed E-state index contributed by atoms with van der Waals surface area (Å²) in [6, 6.07) is 8.31. The van der Waals surface area contributed by atoms with E-state index < -0.39 is 11.2 Å². The summed E-state index contributed by atoms with van der Waals surface area (Å²) in [5, 5.41) is 3.30. The zero-order valence-corrected chi connectivity index (χ0v) is 19.2. The Bertz CT molecular complexity index is 1430. The highest BCUT2D eigenvalue weighted by atomic mass is 32.1. The van der Waals surface area contributed by atoms with Gasteiger partial charge in [-0.05, 0) is 18.9 Å². The molecule has 1 aromatic carbocycles. The van der Waals surface area contributed by atoms with E-state index in [1.165, 1.54) is 46.5 Å². The number of nitrogens with zero attached hydrogens (tertiary/aromatic N) is 5. The van der Waals surface area contributed by atoms with E-state index in [0.29, 0.717) is 5.13 Å². The van der Waals surface area contributed by atoms with Crippen LogP contribution in [0.1, 0.15) is 23.8 Å². The third-order valence-corrected chi connectivity index (χ3v) is 6.23. The van der Waals surface area contributed by atoms with Crippen molar-refractivity contribution in [1.29, 1.82) is 0 Å². The molecule has 3 heterocycles. The van der Waals surface area contributed by atoms with E-state index in [-0.39, 0.29) is 23.6 Å². The van der Waals surface area contributed by atoms with Gasteiger partial charge in [0.05, 0.1) is 12.0 Å². The number of carbonyl (C=O) groups excluding carboxylic acids is 1. The molecule has 0 atom stereocenters. The quantitative estimate of drug-likeness (QED) is 0.484. The molecule has 0 bridgehead atoms. The zero-order chi connectivity index (χ0) is 23.0. The van der Waals surface area contributed by atoms with Crippen molar-refractivity contribution in [3.63, 3.8) is 0 Å². The highest BCUT2D eigenvalue weighted by molar-refractivity contribution is 7.16. The van der Waals surface area contributed by atoms with Gasteiger partial charge in [-0.3, -0.25) is 18.7 Å². The SMILES string of the molecule is CCCc1ccc(-c2nc(NC(=O)Cn3cnc4c3c(=O)n(C)c(=O)n4C)sc2C)cc1. The van der Waals surface area contributed by atoms with Crippen LogP contribution in [-0.2, 0) is 31.9 Å². The molecule has 0 aliphatic rings. The first kappa shape index (κ1) is 21.7. The number of imidazole rings is 1. The molecular formula is C22H24N6O3S. The van der Waals surface area contributed by atoms with Crippen molar-refractivity contribution in [2.45, 2.75) is 33.2 Å². The Kier molecular flexibility index (Phi) is 5.79. The van der Waals surface area contributed by atoms with Gasteiger partial charge in [0.25, 0.3) is 5.56 Å². The van der Waals surface area contributed by atoms with E-state index >= 15 is 0 Å². The average Bonchev–Trinajstić information content (AvgIpc) is 3.34. The molecule has 9 nitrogen and oxygen atoms in total. The molecule has 32 heavy (non-hydrogen) atoms. The number of benzene rings is 1. The maximum absolute atomic E-state index is 12.7. The zero-order valence-electron chi connectivity index (χ0n) is 18.4. The normalized spacial score (nSPS) is 11.2. The number of aromatic nitrogens is 5. The van der Waals surface area contributed by atoms with Crippen LogP contribution in [0.5, 0.6) is 0 Å². The van der Waals surface area contributed by atoms with Crippen LogP contribution in [0.25, 0.3) is 22.4 Å². The number of hydrogen-bond acceptors (Lipinski definition) is 6. The Morgan fingerprint density at radius 2 is 1.84 bits per heavy atom. The van der Waals surface area contributed by atoms with Crippen molar-refractivity contribution in [2.75, 3.05) is 5.32 Å². The molecule has 0 fully saturated rings. The van der Waals surface area contributed by atoms with Gasteiger partial charge in [-0.25, -0.2) is 14.8 Å². The smallest absolute Gasteiger partial charge is 0.315 e. The monoisotopic (exact) mass is 452 g/mol. The van der Waals surface area contributed by atoms with Crippen molar-refractivity contribution in [3.8, 4) is 11.3 Å². The van der Waals surface area contributed by atoms with Gasteiger partial charge in [0.15, 0.2) is 16.3 Å². The third kappa shape index (κ3) is 3.89. The predicted octanol–water partition coefficient (Wildman–Crippen LogP) is 2.46. The summed E-state index contributed by atoms with van der Waals surface area (Å²) < 4.78 is 3.73. The first-order valence-corrected chi connectivity index (χ1v) is 11.1. The minimum absolute atomic E-state index is 0.121. The Labute approximate surface area is 188 Å². The molecule has 4 rings (SSSR count). The number of nitrogens with one attached hydrogen (secondary N) is 1. The number of thiazole rings is 1. The first-order valence-electron chi connectivity index (χ1n) is 10.3. The fourth-order valence-electron chi connectivity index (χ4n) is 3.67. The van der Waals surface area contributed by atoms with Crippen LogP contribution in [0.4, 0.5) is 5.13 Å². The van der Waals surface area contributed by atoms with Crippen molar-refractivity contribution in [2.24, 2.45) is 14.1 Å². The summed E-state index contributed by atoms with van der Waals surface area (Å²) in [7, 11) is 2.94. The molecule has 0 saturated carbocycles. The molecule has 10 heteroatoms. The fraction of sp³-hybridized carbons (Fsp3) is 0.318. The van der Waals surface area contributed by atoms with Gasteiger partial charge in [-0.1, -0.05) is 37.6 Å². The lowest BCUT2D eigenvalue weighted by Gasteiger charge is -2.06. The molecule has 0 saturated heterocycles. The number of rotatable bonds is 6. The third-order valence-electron chi connectivity index (χ3n) is 5.34. The lowest BCUT2D eigenvalue weighted by molar-refractivity contribution is -0.116. The summed E-state index contributed by atoms with van der Waals surface area (Å²) in [6.45, 7) is 4.00. The van der Waals surface area contributed by atoms with E-state index in [9.17, 15) is 14.4 Å². The Morgan fingerprint density at radius 1 is 1.12 bits per heavy atom. The highest BCUT2D eigenvalue weighted by Crippen LogP contribution is 2.30. The summed E-state index contributed by atoms with van der Waals surface area (Å²) >= 11 is 1.40. The maximum atomic E-state index is 12.7. The van der Waals surface area contributed by atoms with Crippen molar-refractivity contribution < 1.29 is 4.79 Å². The van der Waals surface area contributed by atoms with Gasteiger partial charge in [-0.15, -0.1) is 11.3 Å². The van der Waals surface area contributed by atoms with Gasteiger partial charge >= 0.3 is 5.69 Å². The van der Waals surface area contributed by atoms with Crippen LogP contribution in [0.15, 0.2) is 40.2 Å². The van der Waals surface area contributed by atoms with E-state index in [1.54, 1.807) is 0 Å². The molecule has 1 amide bonds. The summed E-state index contributed by atoms with van der Waals surface area (Å²) in [5.41, 5.74) is 2.61. The largest absolute Gasteiger partial charge is 0.332 e. The number of hydrogen-bond donors (Lipinski definition) is 1. The van der Waals surface area contributed by atoms with E-state index in [4.69, 9.17) is 0 Å². The molecule has 3 aromatic heterocycles. The minimum atomic E-state index is -0.493. The van der Waals surface area contributed by atoms with Gasteiger partial charge in [0, 0.05) is 24.5 Å². The lowest BCUT2D eigenvalue weighted by Crippen LogP contribution is -2.37. The van der Waals surface area contributed by atoms with Crippen LogP contribution in [-0.4, -0.2) is 29.6 Å². The topological polar surface area (TPSA) is 104 Å². The lowest BCUT2D eigenvalue weighted by atomic mass is 10.1. The predicted molar refractivity (Wildman–Crippen MR) is 125 cm³/mol. The molecule has 0 aliphatic carbocycles. The summed E-state index contributed by atoms with van der Waals surface area (Å²) in [6.07, 6.45) is 3.53. The van der Waals surface area contributed by atoms with Crippen molar-refractivity contribution in [3.05, 3.63) is 61.9 Å². The van der Waals surface area contributed by atoms with Crippen molar-refractivity contribution >= 4 is 33.5 Å². The molecular weight excluding hydrogens is 428 g/mol. The second-order valence-corrected chi connectivity index (χ2v) is 8.87. The van der Waals surface area contributed by atoms with Crippen LogP contribution >= 0.6 is 11.3 Å². The molecule has 4 aromatic rings. The Hall–Kier alpha value is -3.53. The number of fused-ring (bicyclic) bond motifs is 1. The molecule has 0 spiro atoms. The van der Waals surface area contributed by atoms with Gasteiger partial charge in [0.2, 0.25) is 5.91 Å². The maximum Gasteiger partial charge on any atom is 0.332 e. The van der Waals surface area contributed by atoms with E-state index in [2.05, 4.69) is 46.5 Å². The number of carbonyl (C=O) groups is 1. The second-order valence-electron chi connectivity index (χ2n) is 7.67. The Balaban J connectivity index is 1.55. The van der Waals surface area contributed by atoms with Gasteiger partial charge in [0.1, 0.15) is 6.54 Å². The molecule has 166 valence electrons. The molecule has 0 unspecified atom stereocenters. The summed E-state index contributed by atoms with van der Waals surface area (Å²) in [5.74, 6) is -0.334. The molecule has 0 radical (unpaired) electrons. The fourth-order valence-corrected chi connectivity index (χ4v) is 4.52. The van der Waals surface area contributed by atoms with Crippen molar-refractivity contribution in [1.82, 2.24) is 23.7 Å². The number of aryl methyl sites for hydroxylation is 3. The number of anilines is 1. The standard InChI is InChI=1S/C22H24N6O3S/c1-5-6-14-7-9-15(10-8-14)17-13(2)32-21(25-17)24-16(29)11-28-12-23-19-18(28)20(30)27(4)22(31)26(19)3/h7-10,12H,5-6,11H2,1-4H3,(H,24,25,29). The van der Waals surface area contributed by atoms with Gasteiger partial charge < -0.3 is 9.88 Å². The van der Waals surface area contributed by atoms with Crippen LogP contribution < -0.4 is 16.6 Å². The highest BCUT2D eigenvalue weighted by Gasteiger charge is 2.17. The van der Waals surface area contributed by atoms with E-state index in [1.807, 2.05) is 6.92 Å². The molecule has 1 N–H and O–H groups in total.